The highest BCUT2D eigenvalue weighted by Crippen LogP contribution is 2.36. The van der Waals surface area contributed by atoms with Crippen LogP contribution in [0.5, 0.6) is 0 Å². The molecule has 0 aliphatic heterocycles. The number of amides is 2. The molecule has 0 aliphatic carbocycles. The zero-order valence-electron chi connectivity index (χ0n) is 20.6. The number of hydrogen-bond acceptors (Lipinski definition) is 4. The van der Waals surface area contributed by atoms with Crippen LogP contribution in [0.3, 0.4) is 0 Å². The van der Waals surface area contributed by atoms with E-state index in [0.717, 1.165) is 17.2 Å². The third kappa shape index (κ3) is 8.79. The highest BCUT2D eigenvalue weighted by atomic mass is 35.5. The highest BCUT2D eigenvalue weighted by Gasteiger charge is 2.34. The van der Waals surface area contributed by atoms with Crippen molar-refractivity contribution in [1.82, 2.24) is 10.2 Å². The topological polar surface area (TPSA) is 86.8 Å². The molecule has 13 heteroatoms. The van der Waals surface area contributed by atoms with Gasteiger partial charge in [-0.3, -0.25) is 13.9 Å². The maximum absolute atomic E-state index is 13.5. The van der Waals surface area contributed by atoms with Gasteiger partial charge in [-0.15, -0.1) is 0 Å². The molecule has 0 bridgehead atoms. The average Bonchev–Trinajstić information content (AvgIpc) is 2.78. The molecule has 0 radical (unpaired) electrons. The number of nitrogens with zero attached hydrogens (tertiary/aromatic N) is 2. The van der Waals surface area contributed by atoms with E-state index in [2.05, 4.69) is 5.32 Å². The van der Waals surface area contributed by atoms with Crippen molar-refractivity contribution in [1.29, 1.82) is 0 Å². The fraction of sp³-hybridized carbons (Fsp3) is 0.417. The summed E-state index contributed by atoms with van der Waals surface area (Å²) < 4.78 is 65.6. The maximum atomic E-state index is 13.5. The van der Waals surface area contributed by atoms with Crippen LogP contribution >= 0.6 is 23.2 Å². The second-order valence-corrected chi connectivity index (χ2v) is 11.7. The Bertz CT molecular complexity index is 1240. The third-order valence-corrected chi connectivity index (χ3v) is 7.00. The van der Waals surface area contributed by atoms with E-state index in [9.17, 15) is 31.2 Å². The smallest absolute Gasteiger partial charge is 0.354 e. The number of carbonyl (C=O) groups is 2. The molecule has 0 saturated carbocycles. The van der Waals surface area contributed by atoms with E-state index in [4.69, 9.17) is 23.2 Å². The molecule has 0 fully saturated rings. The van der Waals surface area contributed by atoms with Crippen LogP contribution in [-0.4, -0.2) is 50.5 Å². The van der Waals surface area contributed by atoms with Gasteiger partial charge in [-0.1, -0.05) is 49.2 Å². The van der Waals surface area contributed by atoms with Gasteiger partial charge in [0.1, 0.15) is 12.6 Å². The van der Waals surface area contributed by atoms with Crippen LogP contribution in [0.2, 0.25) is 10.0 Å². The van der Waals surface area contributed by atoms with E-state index in [-0.39, 0.29) is 17.5 Å². The molecular weight excluding hydrogens is 554 g/mol. The minimum absolute atomic E-state index is 0.108. The molecule has 2 rings (SSSR count). The van der Waals surface area contributed by atoms with Crippen LogP contribution < -0.4 is 9.62 Å². The molecule has 2 amide bonds. The maximum Gasteiger partial charge on any atom is 0.416 e. The Morgan fingerprint density at radius 3 is 2.24 bits per heavy atom. The molecule has 0 aromatic heterocycles. The zero-order chi connectivity index (χ0) is 28.1. The predicted molar refractivity (Wildman–Crippen MR) is 138 cm³/mol. The van der Waals surface area contributed by atoms with Gasteiger partial charge in [-0.05, 0) is 48.7 Å². The van der Waals surface area contributed by atoms with Crippen molar-refractivity contribution in [3.63, 3.8) is 0 Å². The number of benzene rings is 2. The molecular formula is C24H28Cl2F3N3O4S. The molecule has 0 spiro atoms. The molecule has 0 heterocycles. The van der Waals surface area contributed by atoms with Gasteiger partial charge in [0.15, 0.2) is 0 Å². The summed E-state index contributed by atoms with van der Waals surface area (Å²) in [5.41, 5.74) is -1.08. The van der Waals surface area contributed by atoms with Gasteiger partial charge < -0.3 is 10.2 Å². The lowest BCUT2D eigenvalue weighted by Gasteiger charge is -2.32. The molecule has 204 valence electrons. The van der Waals surface area contributed by atoms with Crippen LogP contribution in [0.4, 0.5) is 18.9 Å². The monoisotopic (exact) mass is 581 g/mol. The summed E-state index contributed by atoms with van der Waals surface area (Å²) in [6, 6.07) is 7.67. The Hall–Kier alpha value is -2.50. The number of nitrogens with one attached hydrogen (secondary N) is 1. The zero-order valence-corrected chi connectivity index (χ0v) is 23.0. The lowest BCUT2D eigenvalue weighted by atomic mass is 10.1. The number of alkyl halides is 3. The Kier molecular flexibility index (Phi) is 10.3. The molecule has 2 aromatic carbocycles. The summed E-state index contributed by atoms with van der Waals surface area (Å²) in [5.74, 6) is -1.17. The lowest BCUT2D eigenvalue weighted by Crippen LogP contribution is -2.51. The molecule has 37 heavy (non-hydrogen) atoms. The first kappa shape index (κ1) is 30.7. The number of carbonyl (C=O) groups excluding carboxylic acids is 2. The van der Waals surface area contributed by atoms with Gasteiger partial charge in [0, 0.05) is 18.1 Å². The van der Waals surface area contributed by atoms with Crippen molar-refractivity contribution in [2.45, 2.75) is 39.5 Å². The van der Waals surface area contributed by atoms with E-state index in [1.54, 1.807) is 24.3 Å². The Balaban J connectivity index is 2.48. The van der Waals surface area contributed by atoms with Crippen molar-refractivity contribution < 1.29 is 31.2 Å². The molecule has 0 saturated heterocycles. The minimum atomic E-state index is -4.77. The molecule has 1 N–H and O–H groups in total. The summed E-state index contributed by atoms with van der Waals surface area (Å²) in [4.78, 5) is 27.4. The lowest BCUT2D eigenvalue weighted by molar-refractivity contribution is -0.139. The fourth-order valence-electron chi connectivity index (χ4n) is 3.34. The molecule has 0 aliphatic rings. The highest BCUT2D eigenvalue weighted by molar-refractivity contribution is 7.92. The number of halogens is 5. The van der Waals surface area contributed by atoms with Crippen molar-refractivity contribution in [2.24, 2.45) is 5.92 Å². The molecule has 7 nitrogen and oxygen atoms in total. The second kappa shape index (κ2) is 12.4. The SMILES string of the molecule is CC(C)CNC(=O)[C@H](C)N(Cc1cccc(Cl)c1)C(=O)CN(c1cc(C(F)(F)F)ccc1Cl)S(C)(=O)=O. The van der Waals surface area contributed by atoms with Gasteiger partial charge in [-0.2, -0.15) is 13.2 Å². The van der Waals surface area contributed by atoms with Gasteiger partial charge in [0.25, 0.3) is 0 Å². The summed E-state index contributed by atoms with van der Waals surface area (Å²) in [6.45, 7) is 4.61. The number of sulfonamides is 1. The average molecular weight is 582 g/mol. The predicted octanol–water partition coefficient (Wildman–Crippen LogP) is 4.97. The van der Waals surface area contributed by atoms with Crippen molar-refractivity contribution >= 4 is 50.7 Å². The summed E-state index contributed by atoms with van der Waals surface area (Å²) >= 11 is 12.1. The van der Waals surface area contributed by atoms with Crippen LogP contribution in [0.1, 0.15) is 31.9 Å². The standard InChI is InChI=1S/C24H28Cl2F3N3O4S/c1-15(2)12-30-23(34)16(3)31(13-17-6-5-7-19(25)10-17)22(33)14-32(37(4,35)36)21-11-18(24(27,28)29)8-9-20(21)26/h5-11,15-16H,12-14H2,1-4H3,(H,30,34)/t16-/m0/s1. The summed E-state index contributed by atoms with van der Waals surface area (Å²) in [5, 5.41) is 2.81. The minimum Gasteiger partial charge on any atom is -0.354 e. The van der Waals surface area contributed by atoms with Crippen molar-refractivity contribution in [3.8, 4) is 0 Å². The van der Waals surface area contributed by atoms with E-state index in [1.165, 1.54) is 6.92 Å². The van der Waals surface area contributed by atoms with E-state index in [1.807, 2.05) is 13.8 Å². The Morgan fingerprint density at radius 1 is 1.05 bits per heavy atom. The number of rotatable bonds is 10. The van der Waals surface area contributed by atoms with Gasteiger partial charge in [0.2, 0.25) is 21.8 Å². The number of anilines is 1. The summed E-state index contributed by atoms with van der Waals surface area (Å²) in [6.07, 6.45) is -4.02. The van der Waals surface area contributed by atoms with Crippen LogP contribution in [0, 0.1) is 5.92 Å². The van der Waals surface area contributed by atoms with Gasteiger partial charge in [0.05, 0.1) is 22.5 Å². The molecule has 1 atom stereocenters. The first-order valence-corrected chi connectivity index (χ1v) is 13.8. The van der Waals surface area contributed by atoms with Gasteiger partial charge >= 0.3 is 6.18 Å². The second-order valence-electron chi connectivity index (χ2n) is 8.90. The van der Waals surface area contributed by atoms with E-state index in [0.29, 0.717) is 33.6 Å². The fourth-order valence-corrected chi connectivity index (χ4v) is 4.68. The van der Waals surface area contributed by atoms with Crippen LogP contribution in [0.25, 0.3) is 0 Å². The first-order valence-electron chi connectivity index (χ1n) is 11.2. The van der Waals surface area contributed by atoms with Crippen molar-refractivity contribution in [3.05, 3.63) is 63.6 Å². The largest absolute Gasteiger partial charge is 0.416 e. The van der Waals surface area contributed by atoms with E-state index >= 15 is 0 Å². The number of hydrogen-bond donors (Lipinski definition) is 1. The Labute approximate surface area is 224 Å². The van der Waals surface area contributed by atoms with E-state index < -0.39 is 51.9 Å². The van der Waals surface area contributed by atoms with Gasteiger partial charge in [-0.25, -0.2) is 8.42 Å². The van der Waals surface area contributed by atoms with Crippen LogP contribution in [0.15, 0.2) is 42.5 Å². The normalized spacial score (nSPS) is 12.8. The van der Waals surface area contributed by atoms with Crippen LogP contribution in [-0.2, 0) is 32.3 Å². The molecule has 0 unspecified atom stereocenters. The Morgan fingerprint density at radius 2 is 1.70 bits per heavy atom. The molecule has 2 aromatic rings. The third-order valence-electron chi connectivity index (χ3n) is 5.32. The quantitative estimate of drug-likeness (QED) is 0.429. The summed E-state index contributed by atoms with van der Waals surface area (Å²) in [7, 11) is -4.27. The first-order chi connectivity index (χ1) is 17.0. The van der Waals surface area contributed by atoms with Crippen molar-refractivity contribution in [2.75, 3.05) is 23.7 Å².